The highest BCUT2D eigenvalue weighted by Gasteiger charge is 2.18. The van der Waals surface area contributed by atoms with Crippen LogP contribution in [0.3, 0.4) is 0 Å². The van der Waals surface area contributed by atoms with Crippen molar-refractivity contribution in [2.75, 3.05) is 13.2 Å². The van der Waals surface area contributed by atoms with Crippen molar-refractivity contribution in [3.8, 4) is 0 Å². The van der Waals surface area contributed by atoms with Crippen LogP contribution in [0, 0.1) is 0 Å². The van der Waals surface area contributed by atoms with Gasteiger partial charge >= 0.3 is 5.97 Å². The van der Waals surface area contributed by atoms with Crippen molar-refractivity contribution in [3.63, 3.8) is 0 Å². The van der Waals surface area contributed by atoms with Crippen molar-refractivity contribution in [1.29, 1.82) is 0 Å². The van der Waals surface area contributed by atoms with Gasteiger partial charge in [-0.15, -0.1) is 0 Å². The van der Waals surface area contributed by atoms with Crippen molar-refractivity contribution in [2.24, 2.45) is 0 Å². The van der Waals surface area contributed by atoms with E-state index in [0.29, 0.717) is 19.4 Å². The Balaban J connectivity index is 3.42. The summed E-state index contributed by atoms with van der Waals surface area (Å²) in [5.74, 6) is -0.0560. The molecule has 0 saturated heterocycles. The summed E-state index contributed by atoms with van der Waals surface area (Å²) in [5.41, 5.74) is 0. The molecule has 0 saturated carbocycles. The van der Waals surface area contributed by atoms with Crippen LogP contribution in [-0.4, -0.2) is 47.4 Å². The Morgan fingerprint density at radius 3 is 0.971 bits per heavy atom. The number of carbonyl (C=O) groups excluding carboxylic acids is 2. The summed E-state index contributed by atoms with van der Waals surface area (Å²) >= 11 is 0. The number of ether oxygens (including phenoxy) is 1. The molecule has 0 aromatic rings. The Bertz CT molecular complexity index is 1050. The molecule has 2 atom stereocenters. The fourth-order valence-corrected chi connectivity index (χ4v) is 10.2. The lowest BCUT2D eigenvalue weighted by molar-refractivity contribution is -0.143. The molecule has 0 aromatic heterocycles. The van der Waals surface area contributed by atoms with E-state index in [1.807, 2.05) is 6.08 Å². The molecule has 6 nitrogen and oxygen atoms in total. The highest BCUT2D eigenvalue weighted by Crippen LogP contribution is 2.18. The smallest absolute Gasteiger partial charge is 0.305 e. The summed E-state index contributed by atoms with van der Waals surface area (Å²) in [6.45, 7) is 4.93. The highest BCUT2D eigenvalue weighted by molar-refractivity contribution is 5.76. The van der Waals surface area contributed by atoms with E-state index >= 15 is 0 Å². The standard InChI is InChI=1S/C64H125NO5/c1-3-5-7-9-11-13-15-17-18-19-20-21-23-26-29-33-36-40-44-48-52-56-62(67)61(60-66)65-63(68)57-53-49-45-41-37-34-30-27-24-22-25-28-31-35-39-43-47-51-55-59-70-64(69)58-54-50-46-42-38-32-16-14-12-10-8-6-4-2/h52,56,61-62,66-67H,3-51,53-55,57-60H2,1-2H3,(H,65,68)/b56-52+. The van der Waals surface area contributed by atoms with Crippen molar-refractivity contribution in [2.45, 2.75) is 373 Å². The second kappa shape index (κ2) is 60.2. The lowest BCUT2D eigenvalue weighted by Gasteiger charge is -2.20. The molecule has 2 unspecified atom stereocenters. The maximum atomic E-state index is 12.5. The minimum absolute atomic E-state index is 0.0108. The fourth-order valence-electron chi connectivity index (χ4n) is 10.2. The number of aliphatic hydroxyl groups is 2. The zero-order valence-corrected chi connectivity index (χ0v) is 47.5. The van der Waals surface area contributed by atoms with Gasteiger partial charge in [0.2, 0.25) is 5.91 Å². The first-order valence-electron chi connectivity index (χ1n) is 32.0. The van der Waals surface area contributed by atoms with E-state index in [-0.39, 0.29) is 18.5 Å². The van der Waals surface area contributed by atoms with Gasteiger partial charge in [0, 0.05) is 12.8 Å². The predicted octanol–water partition coefficient (Wildman–Crippen LogP) is 20.0. The molecule has 0 rings (SSSR count). The number of nitrogens with one attached hydrogen (secondary N) is 1. The molecule has 0 aromatic carbocycles. The molecule has 0 spiro atoms. The van der Waals surface area contributed by atoms with Crippen molar-refractivity contribution < 1.29 is 24.5 Å². The summed E-state index contributed by atoms with van der Waals surface area (Å²) in [6.07, 6.45) is 72.5. The molecule has 3 N–H and O–H groups in total. The number of hydrogen-bond donors (Lipinski definition) is 3. The van der Waals surface area contributed by atoms with Crippen LogP contribution in [0.15, 0.2) is 12.2 Å². The Hall–Kier alpha value is -1.40. The molecule has 70 heavy (non-hydrogen) atoms. The Labute approximate surface area is 438 Å². The van der Waals surface area contributed by atoms with Crippen molar-refractivity contribution in [3.05, 3.63) is 12.2 Å². The molecule has 0 aliphatic rings. The van der Waals surface area contributed by atoms with Gasteiger partial charge in [-0.1, -0.05) is 328 Å². The quantitative estimate of drug-likeness (QED) is 0.0321. The molecule has 0 radical (unpaired) electrons. The van der Waals surface area contributed by atoms with Crippen LogP contribution in [-0.2, 0) is 14.3 Å². The summed E-state index contributed by atoms with van der Waals surface area (Å²) in [4.78, 5) is 24.5. The lowest BCUT2D eigenvalue weighted by Crippen LogP contribution is -2.45. The third-order valence-corrected chi connectivity index (χ3v) is 15.1. The van der Waals surface area contributed by atoms with E-state index in [9.17, 15) is 19.8 Å². The number of allylic oxidation sites excluding steroid dienone is 1. The van der Waals surface area contributed by atoms with Gasteiger partial charge in [-0.05, 0) is 32.1 Å². The van der Waals surface area contributed by atoms with Crippen LogP contribution in [0.25, 0.3) is 0 Å². The lowest BCUT2D eigenvalue weighted by atomic mass is 10.0. The summed E-state index contributed by atoms with van der Waals surface area (Å²) in [6, 6.07) is -0.630. The zero-order chi connectivity index (χ0) is 50.7. The molecule has 0 fully saturated rings. The van der Waals surface area contributed by atoms with Crippen LogP contribution >= 0.6 is 0 Å². The van der Waals surface area contributed by atoms with E-state index in [0.717, 1.165) is 38.5 Å². The monoisotopic (exact) mass is 988 g/mol. The van der Waals surface area contributed by atoms with Crippen molar-refractivity contribution >= 4 is 11.9 Å². The van der Waals surface area contributed by atoms with Gasteiger partial charge in [0.15, 0.2) is 0 Å². The van der Waals surface area contributed by atoms with Gasteiger partial charge in [-0.3, -0.25) is 9.59 Å². The van der Waals surface area contributed by atoms with E-state index in [1.54, 1.807) is 6.08 Å². The second-order valence-electron chi connectivity index (χ2n) is 22.1. The summed E-state index contributed by atoms with van der Waals surface area (Å²) < 4.78 is 5.48. The van der Waals surface area contributed by atoms with Gasteiger partial charge < -0.3 is 20.3 Å². The number of esters is 1. The predicted molar refractivity (Wildman–Crippen MR) is 306 cm³/mol. The van der Waals surface area contributed by atoms with E-state index < -0.39 is 12.1 Å². The summed E-state index contributed by atoms with van der Waals surface area (Å²) in [5, 5.41) is 23.2. The number of aliphatic hydroxyl groups excluding tert-OH is 2. The van der Waals surface area contributed by atoms with Crippen LogP contribution in [0.1, 0.15) is 361 Å². The number of hydrogen-bond acceptors (Lipinski definition) is 5. The highest BCUT2D eigenvalue weighted by atomic mass is 16.5. The van der Waals surface area contributed by atoms with E-state index in [2.05, 4.69) is 19.2 Å². The molecule has 0 heterocycles. The molecule has 0 aliphatic heterocycles. The first-order valence-corrected chi connectivity index (χ1v) is 32.0. The number of carbonyl (C=O) groups is 2. The Morgan fingerprint density at radius 1 is 0.386 bits per heavy atom. The second-order valence-corrected chi connectivity index (χ2v) is 22.1. The third kappa shape index (κ3) is 55.9. The van der Waals surface area contributed by atoms with Crippen LogP contribution in [0.5, 0.6) is 0 Å². The van der Waals surface area contributed by atoms with E-state index in [4.69, 9.17) is 4.74 Å². The van der Waals surface area contributed by atoms with Gasteiger partial charge in [0.25, 0.3) is 0 Å². The molecule has 6 heteroatoms. The minimum Gasteiger partial charge on any atom is -0.466 e. The largest absolute Gasteiger partial charge is 0.466 e. The van der Waals surface area contributed by atoms with Gasteiger partial charge in [-0.2, -0.15) is 0 Å². The molecule has 0 bridgehead atoms. The fraction of sp³-hybridized carbons (Fsp3) is 0.938. The molecular formula is C64H125NO5. The molecule has 1 amide bonds. The Morgan fingerprint density at radius 2 is 0.657 bits per heavy atom. The van der Waals surface area contributed by atoms with Gasteiger partial charge in [0.1, 0.15) is 0 Å². The molecule has 0 aliphatic carbocycles. The zero-order valence-electron chi connectivity index (χ0n) is 47.5. The maximum Gasteiger partial charge on any atom is 0.305 e. The van der Waals surface area contributed by atoms with Crippen LogP contribution < -0.4 is 5.32 Å². The molecule has 416 valence electrons. The summed E-state index contributed by atoms with van der Waals surface area (Å²) in [7, 11) is 0. The number of amides is 1. The Kier molecular flexibility index (Phi) is 59.0. The topological polar surface area (TPSA) is 95.9 Å². The van der Waals surface area contributed by atoms with Crippen molar-refractivity contribution in [1.82, 2.24) is 5.32 Å². The van der Waals surface area contributed by atoms with E-state index in [1.165, 1.54) is 295 Å². The molecular weight excluding hydrogens is 863 g/mol. The van der Waals surface area contributed by atoms with Crippen LogP contribution in [0.2, 0.25) is 0 Å². The average Bonchev–Trinajstić information content (AvgIpc) is 3.36. The SMILES string of the molecule is CCCCCCCCCCCCCCCCCCCCC/C=C/C(O)C(CO)NC(=O)CCCCCCCCCCCCCCCCCCCCCOC(=O)CCCCCCCCCCCCCCC. The first-order chi connectivity index (χ1) is 34.5. The van der Waals surface area contributed by atoms with Crippen LogP contribution in [0.4, 0.5) is 0 Å². The number of rotatable bonds is 60. The first kappa shape index (κ1) is 68.6. The minimum atomic E-state index is -0.846. The normalized spacial score (nSPS) is 12.6. The van der Waals surface area contributed by atoms with Gasteiger partial charge in [0.05, 0.1) is 25.4 Å². The van der Waals surface area contributed by atoms with Gasteiger partial charge in [-0.25, -0.2) is 0 Å². The average molecular weight is 989 g/mol. The number of unbranched alkanes of at least 4 members (excludes halogenated alkanes) is 49. The maximum absolute atomic E-state index is 12.5. The third-order valence-electron chi connectivity index (χ3n) is 15.1.